The summed E-state index contributed by atoms with van der Waals surface area (Å²) in [6.07, 6.45) is 5.19. The van der Waals surface area contributed by atoms with Gasteiger partial charge >= 0.3 is 0 Å². The van der Waals surface area contributed by atoms with Crippen LogP contribution < -0.4 is 10.6 Å². The van der Waals surface area contributed by atoms with Gasteiger partial charge in [-0.3, -0.25) is 4.99 Å². The lowest BCUT2D eigenvalue weighted by Gasteiger charge is -2.32. The van der Waals surface area contributed by atoms with Crippen molar-refractivity contribution < 1.29 is 8.42 Å². The number of nitrogens with one attached hydrogen (secondary N) is 2. The van der Waals surface area contributed by atoms with Crippen molar-refractivity contribution in [3.05, 3.63) is 35.9 Å². The van der Waals surface area contributed by atoms with Crippen molar-refractivity contribution in [3.8, 4) is 0 Å². The van der Waals surface area contributed by atoms with Gasteiger partial charge in [-0.1, -0.05) is 30.3 Å². The summed E-state index contributed by atoms with van der Waals surface area (Å²) in [5.41, 5.74) is 1.69. The molecule has 2 fully saturated rings. The maximum Gasteiger partial charge on any atom is 0.213 e. The molecule has 1 aliphatic carbocycles. The second-order valence-electron chi connectivity index (χ2n) is 8.08. The van der Waals surface area contributed by atoms with E-state index in [0.29, 0.717) is 18.5 Å². The second-order valence-corrected chi connectivity index (χ2v) is 10.3. The van der Waals surface area contributed by atoms with Crippen molar-refractivity contribution in [2.24, 2.45) is 10.4 Å². The first-order valence-corrected chi connectivity index (χ1v) is 12.1. The lowest BCUT2D eigenvalue weighted by atomic mass is 9.97. The Balaban J connectivity index is 0.00000300. The molecule has 0 amide bonds. The van der Waals surface area contributed by atoms with Crippen molar-refractivity contribution in [1.29, 1.82) is 0 Å². The minimum Gasteiger partial charge on any atom is -0.357 e. The van der Waals surface area contributed by atoms with Crippen LogP contribution in [0.5, 0.6) is 0 Å². The lowest BCUT2D eigenvalue weighted by molar-refractivity contribution is 0.306. The van der Waals surface area contributed by atoms with Gasteiger partial charge in [-0.2, -0.15) is 0 Å². The molecule has 2 N–H and O–H groups in total. The fourth-order valence-corrected chi connectivity index (χ4v) is 4.95. The first-order chi connectivity index (χ1) is 13.5. The molecule has 1 saturated carbocycles. The average Bonchev–Trinajstić information content (AvgIpc) is 3.47. The smallest absolute Gasteiger partial charge is 0.213 e. The van der Waals surface area contributed by atoms with Crippen molar-refractivity contribution in [2.75, 3.05) is 31.9 Å². The van der Waals surface area contributed by atoms with E-state index in [4.69, 9.17) is 4.99 Å². The Labute approximate surface area is 193 Å². The molecule has 0 aromatic heterocycles. The van der Waals surface area contributed by atoms with Gasteiger partial charge < -0.3 is 10.6 Å². The summed E-state index contributed by atoms with van der Waals surface area (Å²) in [7, 11) is -3.07. The van der Waals surface area contributed by atoms with Crippen LogP contribution in [-0.4, -0.2) is 56.7 Å². The largest absolute Gasteiger partial charge is 0.357 e. The van der Waals surface area contributed by atoms with Gasteiger partial charge in [0, 0.05) is 32.2 Å². The molecule has 8 heteroatoms. The van der Waals surface area contributed by atoms with E-state index in [0.717, 1.165) is 38.3 Å². The number of guanidine groups is 1. The molecular weight excluding hydrogens is 499 g/mol. The maximum atomic E-state index is 12.0. The molecule has 0 atom stereocenters. The molecule has 1 aromatic rings. The predicted molar refractivity (Wildman–Crippen MR) is 130 cm³/mol. The van der Waals surface area contributed by atoms with Gasteiger partial charge in [0.25, 0.3) is 0 Å². The fourth-order valence-electron chi connectivity index (χ4n) is 3.82. The number of halogens is 1. The van der Waals surface area contributed by atoms with E-state index in [1.165, 1.54) is 18.4 Å². The molecule has 164 valence electrons. The SMILES string of the molecule is CCNC(=NCC1(Cc2ccccc2)CC1)NC1CCN(S(=O)(=O)CC)CC1.I. The summed E-state index contributed by atoms with van der Waals surface area (Å²) in [5, 5.41) is 6.88. The highest BCUT2D eigenvalue weighted by Crippen LogP contribution is 2.48. The van der Waals surface area contributed by atoms with E-state index in [-0.39, 0.29) is 35.8 Å². The van der Waals surface area contributed by atoms with Crippen LogP contribution in [-0.2, 0) is 16.4 Å². The van der Waals surface area contributed by atoms with Crippen LogP contribution >= 0.6 is 24.0 Å². The summed E-state index contributed by atoms with van der Waals surface area (Å²) in [6, 6.07) is 10.9. The highest BCUT2D eigenvalue weighted by atomic mass is 127. The molecular formula is C21H35IN4O2S. The number of sulfonamides is 1. The molecule has 1 aromatic carbocycles. The standard InChI is InChI=1S/C21H34N4O2S.HI/c1-3-22-20(24-19-10-14-25(15-11-19)28(26,27)4-2)23-17-21(12-13-21)16-18-8-6-5-7-9-18;/h5-9,19H,3-4,10-17H2,1-2H3,(H2,22,23,24);1H. The third kappa shape index (κ3) is 7.10. The van der Waals surface area contributed by atoms with Gasteiger partial charge in [0.2, 0.25) is 10.0 Å². The van der Waals surface area contributed by atoms with Gasteiger partial charge in [0.15, 0.2) is 5.96 Å². The van der Waals surface area contributed by atoms with Gasteiger partial charge in [-0.05, 0) is 56.9 Å². The fraction of sp³-hybridized carbons (Fsp3) is 0.667. The van der Waals surface area contributed by atoms with Crippen LogP contribution in [0.15, 0.2) is 35.3 Å². The van der Waals surface area contributed by atoms with Crippen molar-refractivity contribution in [1.82, 2.24) is 14.9 Å². The molecule has 0 spiro atoms. The zero-order chi connectivity index (χ0) is 20.0. The molecule has 1 heterocycles. The van der Waals surface area contributed by atoms with Gasteiger partial charge in [0.1, 0.15) is 0 Å². The van der Waals surface area contributed by atoms with Gasteiger partial charge in [-0.25, -0.2) is 12.7 Å². The van der Waals surface area contributed by atoms with E-state index in [9.17, 15) is 8.42 Å². The third-order valence-electron chi connectivity index (χ3n) is 5.85. The van der Waals surface area contributed by atoms with Crippen molar-refractivity contribution >= 4 is 40.0 Å². The molecule has 1 saturated heterocycles. The van der Waals surface area contributed by atoms with Gasteiger partial charge in [-0.15, -0.1) is 24.0 Å². The highest BCUT2D eigenvalue weighted by molar-refractivity contribution is 14.0. The van der Waals surface area contributed by atoms with Crippen LogP contribution in [0.2, 0.25) is 0 Å². The third-order valence-corrected chi connectivity index (χ3v) is 7.73. The molecule has 29 heavy (non-hydrogen) atoms. The molecule has 2 aliphatic rings. The van der Waals surface area contributed by atoms with Crippen LogP contribution in [0.4, 0.5) is 0 Å². The van der Waals surface area contributed by atoms with E-state index < -0.39 is 10.0 Å². The Morgan fingerprint density at radius 1 is 1.17 bits per heavy atom. The first-order valence-electron chi connectivity index (χ1n) is 10.5. The summed E-state index contributed by atoms with van der Waals surface area (Å²) in [4.78, 5) is 4.88. The van der Waals surface area contributed by atoms with Crippen LogP contribution in [0.1, 0.15) is 45.1 Å². The quantitative estimate of drug-likeness (QED) is 0.306. The minimum atomic E-state index is -3.07. The molecule has 6 nitrogen and oxygen atoms in total. The summed E-state index contributed by atoms with van der Waals surface area (Å²) in [5.74, 6) is 1.04. The maximum absolute atomic E-state index is 12.0. The van der Waals surface area contributed by atoms with Crippen LogP contribution in [0.25, 0.3) is 0 Å². The number of rotatable bonds is 8. The van der Waals surface area contributed by atoms with Crippen LogP contribution in [0, 0.1) is 5.41 Å². The molecule has 0 bridgehead atoms. The summed E-state index contributed by atoms with van der Waals surface area (Å²) in [6.45, 7) is 6.61. The first kappa shape index (κ1) is 24.4. The summed E-state index contributed by atoms with van der Waals surface area (Å²) >= 11 is 0. The van der Waals surface area contributed by atoms with Crippen LogP contribution in [0.3, 0.4) is 0 Å². The van der Waals surface area contributed by atoms with E-state index >= 15 is 0 Å². The lowest BCUT2D eigenvalue weighted by Crippen LogP contribution is -2.50. The molecule has 0 unspecified atom stereocenters. The molecule has 3 rings (SSSR count). The topological polar surface area (TPSA) is 73.8 Å². The Morgan fingerprint density at radius 3 is 2.38 bits per heavy atom. The highest BCUT2D eigenvalue weighted by Gasteiger charge is 2.42. The average molecular weight is 535 g/mol. The minimum absolute atomic E-state index is 0. The normalized spacial score (nSPS) is 20.0. The predicted octanol–water partition coefficient (Wildman–Crippen LogP) is 3.00. The Hall–Kier alpha value is -0.870. The zero-order valence-corrected chi connectivity index (χ0v) is 20.7. The number of hydrogen-bond donors (Lipinski definition) is 2. The Morgan fingerprint density at radius 2 is 1.83 bits per heavy atom. The van der Waals surface area contributed by atoms with Gasteiger partial charge in [0.05, 0.1) is 5.75 Å². The van der Waals surface area contributed by atoms with E-state index in [1.54, 1.807) is 11.2 Å². The number of nitrogens with zero attached hydrogens (tertiary/aromatic N) is 2. The number of hydrogen-bond acceptors (Lipinski definition) is 3. The second kappa shape index (κ2) is 10.9. The van der Waals surface area contributed by atoms with Crippen molar-refractivity contribution in [3.63, 3.8) is 0 Å². The van der Waals surface area contributed by atoms with Crippen molar-refractivity contribution in [2.45, 2.75) is 52.0 Å². The monoisotopic (exact) mass is 534 g/mol. The Kier molecular flexibility index (Phi) is 9.21. The van der Waals surface area contributed by atoms with E-state index in [2.05, 4.69) is 47.9 Å². The number of piperidine rings is 1. The number of aliphatic imine (C=N–C) groups is 1. The molecule has 1 aliphatic heterocycles. The Bertz CT molecular complexity index is 758. The van der Waals surface area contributed by atoms with E-state index in [1.807, 2.05) is 0 Å². The zero-order valence-electron chi connectivity index (χ0n) is 17.6. The number of benzene rings is 1. The summed E-state index contributed by atoms with van der Waals surface area (Å²) < 4.78 is 25.7. The molecule has 0 radical (unpaired) electrons.